The Morgan fingerprint density at radius 3 is 2.49 bits per heavy atom. The highest BCUT2D eigenvalue weighted by atomic mass is 16.6. The van der Waals surface area contributed by atoms with E-state index in [4.69, 9.17) is 14.2 Å². The van der Waals surface area contributed by atoms with Gasteiger partial charge in [-0.2, -0.15) is 0 Å². The first-order chi connectivity index (χ1) is 17.4. The van der Waals surface area contributed by atoms with Gasteiger partial charge in [0.25, 0.3) is 0 Å². The van der Waals surface area contributed by atoms with E-state index in [2.05, 4.69) is 18.5 Å². The lowest BCUT2D eigenvalue weighted by Gasteiger charge is -2.29. The molecular formula is C27H42N2O8. The van der Waals surface area contributed by atoms with E-state index in [-0.39, 0.29) is 44.9 Å². The van der Waals surface area contributed by atoms with Crippen molar-refractivity contribution >= 4 is 23.8 Å². The maximum absolute atomic E-state index is 13.6. The number of nitrogens with one attached hydrogen (secondary N) is 1. The van der Waals surface area contributed by atoms with Crippen molar-refractivity contribution in [1.82, 2.24) is 10.2 Å². The minimum atomic E-state index is -1.22. The topological polar surface area (TPSA) is 131 Å². The normalized spacial score (nSPS) is 25.6. The van der Waals surface area contributed by atoms with Crippen LogP contribution in [0.3, 0.4) is 0 Å². The Hall–Kier alpha value is -2.72. The fourth-order valence-electron chi connectivity index (χ4n) is 4.50. The maximum Gasteiger partial charge on any atom is 0.332 e. The van der Waals surface area contributed by atoms with Crippen LogP contribution in [0.5, 0.6) is 0 Å². The molecule has 208 valence electrons. The van der Waals surface area contributed by atoms with Gasteiger partial charge in [-0.25, -0.2) is 4.79 Å². The van der Waals surface area contributed by atoms with Crippen LogP contribution in [-0.4, -0.2) is 83.4 Å². The fourth-order valence-corrected chi connectivity index (χ4v) is 4.50. The molecule has 2 N–H and O–H groups in total. The molecule has 0 aromatic rings. The number of likely N-dealkylation sites (tertiary alicyclic amines) is 1. The number of carbonyl (C=O) groups excluding carboxylic acids is 4. The van der Waals surface area contributed by atoms with Gasteiger partial charge in [0, 0.05) is 32.1 Å². The van der Waals surface area contributed by atoms with E-state index >= 15 is 0 Å². The lowest BCUT2D eigenvalue weighted by Crippen LogP contribution is -2.54. The van der Waals surface area contributed by atoms with E-state index in [0.717, 1.165) is 0 Å². The number of ether oxygens (including phenoxy) is 3. The van der Waals surface area contributed by atoms with Crippen molar-refractivity contribution in [3.05, 3.63) is 25.3 Å². The summed E-state index contributed by atoms with van der Waals surface area (Å²) in [6.45, 7) is 15.0. The average molecular weight is 523 g/mol. The van der Waals surface area contributed by atoms with Crippen LogP contribution in [0, 0.1) is 11.8 Å². The molecule has 0 bridgehead atoms. The highest BCUT2D eigenvalue weighted by molar-refractivity contribution is 5.96. The van der Waals surface area contributed by atoms with Gasteiger partial charge in [-0.1, -0.05) is 12.2 Å². The van der Waals surface area contributed by atoms with Crippen LogP contribution in [0.25, 0.3) is 0 Å². The maximum atomic E-state index is 13.6. The molecule has 2 amide bonds. The summed E-state index contributed by atoms with van der Waals surface area (Å²) in [6.07, 6.45) is 3.47. The summed E-state index contributed by atoms with van der Waals surface area (Å²) in [7, 11) is 0. The SMILES string of the molecule is C=CCCOCC[C@H](CC(=O)OC(C)(C)C)C(=O)N1C[C@H](O)C[C@H]1C(=O)N[C@]1(C(=O)OCC)C[C@H]1C=C. The molecule has 1 heterocycles. The number of esters is 2. The van der Waals surface area contributed by atoms with Crippen molar-refractivity contribution in [3.8, 4) is 0 Å². The average Bonchev–Trinajstić information content (AvgIpc) is 3.39. The molecule has 5 atom stereocenters. The molecule has 0 radical (unpaired) electrons. The number of hydrogen-bond donors (Lipinski definition) is 2. The summed E-state index contributed by atoms with van der Waals surface area (Å²) in [6, 6.07) is -0.998. The predicted octanol–water partition coefficient (Wildman–Crippen LogP) is 1.90. The van der Waals surface area contributed by atoms with Gasteiger partial charge in [-0.3, -0.25) is 14.4 Å². The summed E-state index contributed by atoms with van der Waals surface area (Å²) in [5, 5.41) is 13.1. The number of hydrogen-bond acceptors (Lipinski definition) is 8. The number of nitrogens with zero attached hydrogens (tertiary/aromatic N) is 1. The van der Waals surface area contributed by atoms with Crippen LogP contribution in [-0.2, 0) is 33.4 Å². The van der Waals surface area contributed by atoms with Crippen LogP contribution in [0.4, 0.5) is 0 Å². The number of rotatable bonds is 14. The Bertz CT molecular complexity index is 867. The first-order valence-electron chi connectivity index (χ1n) is 12.9. The molecule has 1 aliphatic carbocycles. The molecule has 10 nitrogen and oxygen atoms in total. The number of aliphatic hydroxyl groups is 1. The third-order valence-electron chi connectivity index (χ3n) is 6.41. The molecule has 0 spiro atoms. The van der Waals surface area contributed by atoms with Gasteiger partial charge in [-0.15, -0.1) is 13.2 Å². The molecule has 0 unspecified atom stereocenters. The standard InChI is InChI=1S/C27H42N2O8/c1-7-10-12-35-13-11-18(14-22(31)37-26(4,5)6)24(33)29-17-20(30)15-21(29)23(32)28-27(16-19(27)8-2)25(34)36-9-3/h7-8,18-21,30H,1-2,9-17H2,3-6H3,(H,28,32)/t18-,19-,20-,21+,27-/m1/s1. The van der Waals surface area contributed by atoms with Gasteiger partial charge >= 0.3 is 11.9 Å². The minimum absolute atomic E-state index is 0.0181. The lowest BCUT2D eigenvalue weighted by atomic mass is 9.99. The largest absolute Gasteiger partial charge is 0.464 e. The van der Waals surface area contributed by atoms with Crippen molar-refractivity contribution in [1.29, 1.82) is 0 Å². The number of aliphatic hydroxyl groups excluding tert-OH is 1. The zero-order chi connectivity index (χ0) is 27.8. The van der Waals surface area contributed by atoms with Gasteiger partial charge in [0.1, 0.15) is 17.2 Å². The fraction of sp³-hybridized carbons (Fsp3) is 0.704. The number of β-amino-alcohol motifs (C(OH)–C–C–N with tert-alkyl or cyclic N) is 1. The monoisotopic (exact) mass is 522 g/mol. The van der Waals surface area contributed by atoms with Crippen LogP contribution in [0.15, 0.2) is 25.3 Å². The Balaban J connectivity index is 2.17. The van der Waals surface area contributed by atoms with Gasteiger partial charge in [-0.05, 0) is 47.0 Å². The Morgan fingerprint density at radius 2 is 1.92 bits per heavy atom. The molecule has 1 saturated carbocycles. The van der Waals surface area contributed by atoms with Crippen LogP contribution in [0.1, 0.15) is 59.8 Å². The van der Waals surface area contributed by atoms with E-state index in [0.29, 0.717) is 19.4 Å². The van der Waals surface area contributed by atoms with Gasteiger partial charge < -0.3 is 29.5 Å². The first-order valence-corrected chi connectivity index (χ1v) is 12.9. The summed E-state index contributed by atoms with van der Waals surface area (Å²) in [4.78, 5) is 53.4. The molecule has 2 rings (SSSR count). The summed E-state index contributed by atoms with van der Waals surface area (Å²) in [5.74, 6) is -3.18. The van der Waals surface area contributed by atoms with Crippen LogP contribution >= 0.6 is 0 Å². The van der Waals surface area contributed by atoms with E-state index in [1.165, 1.54) is 4.90 Å². The summed E-state index contributed by atoms with van der Waals surface area (Å²) >= 11 is 0. The predicted molar refractivity (Wildman–Crippen MR) is 136 cm³/mol. The molecule has 1 saturated heterocycles. The summed E-state index contributed by atoms with van der Waals surface area (Å²) in [5.41, 5.74) is -1.93. The van der Waals surface area contributed by atoms with Crippen molar-refractivity contribution in [2.45, 2.75) is 83.1 Å². The highest BCUT2D eigenvalue weighted by Gasteiger charge is 2.62. The van der Waals surface area contributed by atoms with Crippen LogP contribution < -0.4 is 5.32 Å². The first kappa shape index (κ1) is 30.5. The molecule has 10 heteroatoms. The highest BCUT2D eigenvalue weighted by Crippen LogP contribution is 2.45. The van der Waals surface area contributed by atoms with Crippen molar-refractivity contribution in [3.63, 3.8) is 0 Å². The number of carbonyl (C=O) groups is 4. The van der Waals surface area contributed by atoms with Crippen molar-refractivity contribution < 1.29 is 38.5 Å². The molecule has 1 aliphatic heterocycles. The second-order valence-corrected chi connectivity index (χ2v) is 10.6. The Kier molecular flexibility index (Phi) is 10.9. The van der Waals surface area contributed by atoms with E-state index in [9.17, 15) is 24.3 Å². The third kappa shape index (κ3) is 8.39. The second-order valence-electron chi connectivity index (χ2n) is 10.6. The smallest absolute Gasteiger partial charge is 0.332 e. The van der Waals surface area contributed by atoms with Gasteiger partial charge in [0.05, 0.1) is 25.0 Å². The molecular weight excluding hydrogens is 480 g/mol. The minimum Gasteiger partial charge on any atom is -0.464 e. The van der Waals surface area contributed by atoms with E-state index in [1.807, 2.05) is 0 Å². The summed E-state index contributed by atoms with van der Waals surface area (Å²) < 4.78 is 16.1. The van der Waals surface area contributed by atoms with Crippen molar-refractivity contribution in [2.75, 3.05) is 26.4 Å². The molecule has 0 aromatic carbocycles. The zero-order valence-electron chi connectivity index (χ0n) is 22.5. The van der Waals surface area contributed by atoms with Gasteiger partial charge in [0.15, 0.2) is 0 Å². The van der Waals surface area contributed by atoms with Gasteiger partial charge in [0.2, 0.25) is 11.8 Å². The lowest BCUT2D eigenvalue weighted by molar-refractivity contribution is -0.159. The zero-order valence-corrected chi connectivity index (χ0v) is 22.5. The number of amides is 2. The van der Waals surface area contributed by atoms with E-state index < -0.39 is 53.0 Å². The Labute approximate surface area is 219 Å². The van der Waals surface area contributed by atoms with Crippen LogP contribution in [0.2, 0.25) is 0 Å². The molecule has 2 aliphatic rings. The molecule has 37 heavy (non-hydrogen) atoms. The third-order valence-corrected chi connectivity index (χ3v) is 6.41. The quantitative estimate of drug-likeness (QED) is 0.201. The second kappa shape index (κ2) is 13.2. The molecule has 2 fully saturated rings. The van der Waals surface area contributed by atoms with E-state index in [1.54, 1.807) is 39.8 Å². The molecule has 0 aromatic heterocycles. The van der Waals surface area contributed by atoms with Crippen molar-refractivity contribution in [2.24, 2.45) is 11.8 Å². The Morgan fingerprint density at radius 1 is 1.22 bits per heavy atom.